The summed E-state index contributed by atoms with van der Waals surface area (Å²) in [7, 11) is 3.64. The van der Waals surface area contributed by atoms with E-state index in [1.807, 2.05) is 58.3 Å². The fourth-order valence-electron chi connectivity index (χ4n) is 3.11. The molecule has 1 atom stereocenters. The van der Waals surface area contributed by atoms with Crippen LogP contribution in [0.4, 0.5) is 0 Å². The zero-order chi connectivity index (χ0) is 24.3. The number of amides is 1. The highest BCUT2D eigenvalue weighted by Gasteiger charge is 2.25. The molecule has 0 aliphatic carbocycles. The van der Waals surface area contributed by atoms with Crippen molar-refractivity contribution in [1.29, 1.82) is 0 Å². The standard InChI is InChI=1S/C25H40N4O2S2/c1-7-29(8-2)14-13-27-23(30)21-11-9-20(10-12-21)16-31-17-22-15-26-18-24(3,4)32-33-25(5,6)19-28-22/h9-12,18-19,22H,7-8,13-17H2,1-6H3,(H,27,30). The third kappa shape index (κ3) is 10.6. The molecule has 1 amide bonds. The Kier molecular flexibility index (Phi) is 11.4. The molecule has 1 aromatic carbocycles. The summed E-state index contributed by atoms with van der Waals surface area (Å²) in [5, 5.41) is 2.99. The Morgan fingerprint density at radius 2 is 1.73 bits per heavy atom. The van der Waals surface area contributed by atoms with Gasteiger partial charge in [0, 0.05) is 31.1 Å². The normalized spacial score (nSPS) is 20.0. The maximum atomic E-state index is 12.4. The minimum Gasteiger partial charge on any atom is -0.374 e. The fourth-order valence-corrected chi connectivity index (χ4v) is 5.31. The number of nitrogens with one attached hydrogen (secondary N) is 1. The number of hydrogen-bond acceptors (Lipinski definition) is 7. The molecule has 0 saturated heterocycles. The molecule has 0 bridgehead atoms. The quantitative estimate of drug-likeness (QED) is 0.478. The van der Waals surface area contributed by atoms with E-state index < -0.39 is 0 Å². The van der Waals surface area contributed by atoms with Gasteiger partial charge in [-0.2, -0.15) is 0 Å². The molecule has 1 heterocycles. The van der Waals surface area contributed by atoms with Crippen LogP contribution in [0.1, 0.15) is 57.5 Å². The summed E-state index contributed by atoms with van der Waals surface area (Å²) in [6.07, 6.45) is 4.06. The van der Waals surface area contributed by atoms with Crippen LogP contribution in [0.3, 0.4) is 0 Å². The number of aliphatic imine (C=N–C) groups is 2. The van der Waals surface area contributed by atoms with Gasteiger partial charge in [0.2, 0.25) is 0 Å². The Morgan fingerprint density at radius 1 is 1.09 bits per heavy atom. The lowest BCUT2D eigenvalue weighted by molar-refractivity contribution is 0.0948. The summed E-state index contributed by atoms with van der Waals surface area (Å²) in [5.41, 5.74) is 1.71. The monoisotopic (exact) mass is 492 g/mol. The summed E-state index contributed by atoms with van der Waals surface area (Å²) in [6, 6.07) is 7.62. The molecular weight excluding hydrogens is 452 g/mol. The second-order valence-corrected chi connectivity index (χ2v) is 12.7. The lowest BCUT2D eigenvalue weighted by Gasteiger charge is -2.26. The van der Waals surface area contributed by atoms with Gasteiger partial charge in [0.1, 0.15) is 0 Å². The van der Waals surface area contributed by atoms with Gasteiger partial charge in [0.05, 0.1) is 35.3 Å². The van der Waals surface area contributed by atoms with E-state index >= 15 is 0 Å². The maximum absolute atomic E-state index is 12.4. The van der Waals surface area contributed by atoms with Crippen LogP contribution in [0.15, 0.2) is 34.3 Å². The molecule has 1 aromatic rings. The van der Waals surface area contributed by atoms with Gasteiger partial charge in [0.15, 0.2) is 0 Å². The predicted molar refractivity (Wildman–Crippen MR) is 145 cm³/mol. The van der Waals surface area contributed by atoms with Gasteiger partial charge in [-0.25, -0.2) is 0 Å². The van der Waals surface area contributed by atoms with Crippen molar-refractivity contribution in [3.8, 4) is 0 Å². The number of carbonyl (C=O) groups excluding carboxylic acids is 1. The number of ether oxygens (including phenoxy) is 1. The zero-order valence-corrected chi connectivity index (χ0v) is 22.6. The third-order valence-electron chi connectivity index (χ3n) is 5.19. The third-order valence-corrected chi connectivity index (χ3v) is 9.17. The molecule has 8 heteroatoms. The Bertz CT molecular complexity index is 790. The largest absolute Gasteiger partial charge is 0.374 e. The molecule has 0 aromatic heterocycles. The van der Waals surface area contributed by atoms with E-state index in [-0.39, 0.29) is 21.4 Å². The van der Waals surface area contributed by atoms with Crippen LogP contribution in [0.5, 0.6) is 0 Å². The second-order valence-electron chi connectivity index (χ2n) is 9.29. The molecule has 1 aliphatic heterocycles. The molecule has 184 valence electrons. The van der Waals surface area contributed by atoms with Crippen LogP contribution in [0.25, 0.3) is 0 Å². The lowest BCUT2D eigenvalue weighted by Crippen LogP contribution is -2.34. The smallest absolute Gasteiger partial charge is 0.251 e. The molecule has 6 nitrogen and oxygen atoms in total. The Hall–Kier alpha value is -1.35. The lowest BCUT2D eigenvalue weighted by atomic mass is 10.1. The number of carbonyl (C=O) groups is 1. The highest BCUT2D eigenvalue weighted by molar-refractivity contribution is 8.78. The zero-order valence-electron chi connectivity index (χ0n) is 21.0. The van der Waals surface area contributed by atoms with Crippen molar-refractivity contribution in [3.05, 3.63) is 35.4 Å². The van der Waals surface area contributed by atoms with Crippen LogP contribution in [0.2, 0.25) is 0 Å². The summed E-state index contributed by atoms with van der Waals surface area (Å²) in [4.78, 5) is 24.0. The summed E-state index contributed by atoms with van der Waals surface area (Å²) < 4.78 is 5.89. The molecule has 0 fully saturated rings. The van der Waals surface area contributed by atoms with E-state index in [1.54, 1.807) is 0 Å². The van der Waals surface area contributed by atoms with Gasteiger partial charge in [-0.05, 0) is 58.5 Å². The summed E-state index contributed by atoms with van der Waals surface area (Å²) in [6.45, 7) is 18.1. The van der Waals surface area contributed by atoms with Gasteiger partial charge in [-0.1, -0.05) is 47.6 Å². The minimum absolute atomic E-state index is 0.00381. The Balaban J connectivity index is 1.83. The molecule has 0 saturated carbocycles. The first-order valence-electron chi connectivity index (χ1n) is 11.7. The number of rotatable bonds is 10. The van der Waals surface area contributed by atoms with Crippen molar-refractivity contribution in [2.75, 3.05) is 39.3 Å². The van der Waals surface area contributed by atoms with Crippen molar-refractivity contribution >= 4 is 39.9 Å². The van der Waals surface area contributed by atoms with Crippen molar-refractivity contribution in [2.45, 2.75) is 63.7 Å². The van der Waals surface area contributed by atoms with Crippen molar-refractivity contribution in [1.82, 2.24) is 10.2 Å². The van der Waals surface area contributed by atoms with E-state index in [0.29, 0.717) is 31.9 Å². The maximum Gasteiger partial charge on any atom is 0.251 e. The number of nitrogens with zero attached hydrogens (tertiary/aromatic N) is 3. The Labute approximate surface area is 207 Å². The van der Waals surface area contributed by atoms with Crippen LogP contribution < -0.4 is 5.32 Å². The van der Waals surface area contributed by atoms with Gasteiger partial charge < -0.3 is 15.0 Å². The average molecular weight is 493 g/mol. The molecule has 33 heavy (non-hydrogen) atoms. The average Bonchev–Trinajstić information content (AvgIpc) is 2.79. The van der Waals surface area contributed by atoms with E-state index in [4.69, 9.17) is 9.73 Å². The highest BCUT2D eigenvalue weighted by Crippen LogP contribution is 2.42. The topological polar surface area (TPSA) is 66.3 Å². The van der Waals surface area contributed by atoms with Gasteiger partial charge in [0.25, 0.3) is 5.91 Å². The first kappa shape index (κ1) is 27.9. The van der Waals surface area contributed by atoms with Gasteiger partial charge >= 0.3 is 0 Å². The van der Waals surface area contributed by atoms with Crippen LogP contribution in [-0.2, 0) is 11.3 Å². The van der Waals surface area contributed by atoms with Gasteiger partial charge in [-0.3, -0.25) is 14.8 Å². The van der Waals surface area contributed by atoms with Crippen molar-refractivity contribution in [2.24, 2.45) is 9.98 Å². The van der Waals surface area contributed by atoms with Crippen LogP contribution >= 0.6 is 21.6 Å². The molecule has 1 aliphatic rings. The van der Waals surface area contributed by atoms with Gasteiger partial charge in [-0.15, -0.1) is 0 Å². The molecular formula is C25H40N4O2S2. The van der Waals surface area contributed by atoms with Crippen molar-refractivity contribution in [3.63, 3.8) is 0 Å². The minimum atomic E-state index is -0.0485. The summed E-state index contributed by atoms with van der Waals surface area (Å²) >= 11 is 0. The van der Waals surface area contributed by atoms with Crippen LogP contribution in [-0.4, -0.2) is 78.1 Å². The fraction of sp³-hybridized carbons (Fsp3) is 0.640. The predicted octanol–water partition coefficient (Wildman–Crippen LogP) is 4.74. The van der Waals surface area contributed by atoms with Crippen LogP contribution in [0, 0.1) is 0 Å². The van der Waals surface area contributed by atoms with E-state index in [0.717, 1.165) is 25.2 Å². The van der Waals surface area contributed by atoms with Crippen molar-refractivity contribution < 1.29 is 9.53 Å². The number of hydrogen-bond donors (Lipinski definition) is 1. The summed E-state index contributed by atoms with van der Waals surface area (Å²) in [5.74, 6) is -0.0371. The molecule has 2 rings (SSSR count). The molecule has 1 N–H and O–H groups in total. The second kappa shape index (κ2) is 13.5. The van der Waals surface area contributed by atoms with E-state index in [2.05, 4.69) is 56.8 Å². The highest BCUT2D eigenvalue weighted by atomic mass is 33.1. The molecule has 0 spiro atoms. The van der Waals surface area contributed by atoms with E-state index in [9.17, 15) is 4.79 Å². The van der Waals surface area contributed by atoms with E-state index in [1.165, 1.54) is 0 Å². The SMILES string of the molecule is CCN(CC)CCNC(=O)c1ccc(COCC2CN=CC(C)(C)SSC(C)(C)C=N2)cc1. The number of benzene rings is 1. The first-order chi connectivity index (χ1) is 15.6. The molecule has 1 unspecified atom stereocenters. The first-order valence-corrected chi connectivity index (χ1v) is 13.9. The number of likely N-dealkylation sites (N-methyl/N-ethyl adjacent to an activating group) is 1. The molecule has 0 radical (unpaired) electrons. The Morgan fingerprint density at radius 3 is 2.36 bits per heavy atom.